The van der Waals surface area contributed by atoms with Crippen LogP contribution in [0.3, 0.4) is 0 Å². The summed E-state index contributed by atoms with van der Waals surface area (Å²) in [7, 11) is 0. The maximum Gasteiger partial charge on any atom is 0.167 e. The molecule has 0 amide bonds. The van der Waals surface area contributed by atoms with E-state index in [0.29, 0.717) is 40.0 Å². The molecule has 0 bridgehead atoms. The fourth-order valence-corrected chi connectivity index (χ4v) is 10.6. The third-order valence-corrected chi connectivity index (χ3v) is 14.0. The van der Waals surface area contributed by atoms with Crippen molar-refractivity contribution in [1.82, 2.24) is 39.0 Å². The Morgan fingerprint density at radius 2 is 0.827 bits per heavy atom. The highest BCUT2D eigenvalue weighted by Gasteiger charge is 2.26. The van der Waals surface area contributed by atoms with Crippen molar-refractivity contribution >= 4 is 65.6 Å². The summed E-state index contributed by atoms with van der Waals surface area (Å²) < 4.78 is 42.6. The van der Waals surface area contributed by atoms with Crippen molar-refractivity contribution in [3.8, 4) is 79.7 Å². The van der Waals surface area contributed by atoms with Crippen LogP contribution in [0.2, 0.25) is 0 Å². The van der Waals surface area contributed by atoms with Crippen LogP contribution in [0, 0.1) is 0 Å². The normalized spacial score (nSPS) is 12.3. The number of benzene rings is 10. The van der Waals surface area contributed by atoms with E-state index in [2.05, 4.69) is 51.6 Å². The first-order valence-corrected chi connectivity index (χ1v) is 24.7. The van der Waals surface area contributed by atoms with Gasteiger partial charge in [0.1, 0.15) is 11.2 Å². The molecule has 0 aliphatic rings. The summed E-state index contributed by atoms with van der Waals surface area (Å²) in [5.74, 6) is 1.49. The summed E-state index contributed by atoms with van der Waals surface area (Å²) in [6, 6.07) is 73.1. The second-order valence-electron chi connectivity index (χ2n) is 18.4. The van der Waals surface area contributed by atoms with Crippen molar-refractivity contribution in [1.29, 1.82) is 0 Å². The molecule has 0 spiro atoms. The first-order chi connectivity index (χ1) is 38.5. The molecule has 0 aliphatic heterocycles. The van der Waals surface area contributed by atoms with Crippen LogP contribution in [-0.2, 0) is 0 Å². The van der Waals surface area contributed by atoms with Gasteiger partial charge in [-0.05, 0) is 60.6 Å². The first kappa shape index (κ1) is 39.3. The van der Waals surface area contributed by atoms with E-state index in [0.717, 1.165) is 76.8 Å². The Morgan fingerprint density at radius 1 is 0.333 bits per heavy atom. The van der Waals surface area contributed by atoms with E-state index in [1.54, 1.807) is 0 Å². The summed E-state index contributed by atoms with van der Waals surface area (Å²) >= 11 is 0. The van der Waals surface area contributed by atoms with Gasteiger partial charge in [0.15, 0.2) is 34.9 Å². The van der Waals surface area contributed by atoms with E-state index >= 15 is 0 Å². The molecular weight excluding hydrogens is 921 g/mol. The standard InChI is InChI=1S/C66H40N8O/c1-5-20-41(21-6-1)61-67-62(42-22-7-2-8-23-42)69-64(68-61)44-36-38-55(74-53-33-16-13-28-46(53)48-37-39-56-58(59(48)74)50-30-14-17-34-54(50)73(56)45-26-11-4-12-27-45)52(40-44)66-71-63(43-24-9-3-10-25-43)70-65(72-66)51-32-19-31-49-47-29-15-18-35-57(47)75-60(49)51/h1-40H/i36D,38D,40D. The zero-order chi connectivity index (χ0) is 52.0. The van der Waals surface area contributed by atoms with Gasteiger partial charge >= 0.3 is 0 Å². The van der Waals surface area contributed by atoms with E-state index in [9.17, 15) is 4.11 Å². The van der Waals surface area contributed by atoms with E-state index in [1.807, 2.05) is 182 Å². The Hall–Kier alpha value is -10.4. The minimum atomic E-state index is -0.252. The highest BCUT2D eigenvalue weighted by atomic mass is 16.3. The topological polar surface area (TPSA) is 100 Å². The summed E-state index contributed by atoms with van der Waals surface area (Å²) in [6.07, 6.45) is 0. The van der Waals surface area contributed by atoms with E-state index in [-0.39, 0.29) is 46.6 Å². The molecule has 9 nitrogen and oxygen atoms in total. The molecule has 5 heterocycles. The van der Waals surface area contributed by atoms with Gasteiger partial charge in [-0.25, -0.2) is 29.9 Å². The third kappa shape index (κ3) is 6.94. The molecule has 75 heavy (non-hydrogen) atoms. The van der Waals surface area contributed by atoms with Crippen LogP contribution in [0.1, 0.15) is 4.11 Å². The summed E-state index contributed by atoms with van der Waals surface area (Å²) in [4.78, 5) is 31.0. The lowest BCUT2D eigenvalue weighted by Gasteiger charge is -2.17. The molecule has 0 saturated carbocycles. The van der Waals surface area contributed by atoms with Crippen molar-refractivity contribution < 1.29 is 8.53 Å². The van der Waals surface area contributed by atoms with Gasteiger partial charge in [-0.2, -0.15) is 0 Å². The van der Waals surface area contributed by atoms with Gasteiger partial charge in [-0.15, -0.1) is 0 Å². The Kier molecular flexibility index (Phi) is 8.98. The predicted octanol–water partition coefficient (Wildman–Crippen LogP) is 16.2. The largest absolute Gasteiger partial charge is 0.455 e. The van der Waals surface area contributed by atoms with Crippen molar-refractivity contribution in [2.75, 3.05) is 0 Å². The minimum absolute atomic E-state index is 0.0183. The summed E-state index contributed by atoms with van der Waals surface area (Å²) in [6.45, 7) is 0. The monoisotopic (exact) mass is 963 g/mol. The molecule has 0 radical (unpaired) electrons. The second kappa shape index (κ2) is 17.1. The highest BCUT2D eigenvalue weighted by molar-refractivity contribution is 6.26. The first-order valence-electron chi connectivity index (χ1n) is 26.2. The lowest BCUT2D eigenvalue weighted by molar-refractivity contribution is 0.669. The van der Waals surface area contributed by atoms with Crippen LogP contribution in [0.15, 0.2) is 247 Å². The lowest BCUT2D eigenvalue weighted by Crippen LogP contribution is -2.05. The van der Waals surface area contributed by atoms with Gasteiger partial charge in [0.25, 0.3) is 0 Å². The quantitative estimate of drug-likeness (QED) is 0.149. The number of rotatable bonds is 8. The summed E-state index contributed by atoms with van der Waals surface area (Å²) in [5, 5.41) is 5.62. The van der Waals surface area contributed by atoms with Crippen molar-refractivity contribution in [3.05, 3.63) is 243 Å². The van der Waals surface area contributed by atoms with Gasteiger partial charge in [0.05, 0.1) is 37.4 Å². The molecule has 5 aromatic heterocycles. The van der Waals surface area contributed by atoms with Gasteiger partial charge in [0, 0.05) is 65.8 Å². The van der Waals surface area contributed by atoms with E-state index in [4.69, 9.17) is 34.3 Å². The van der Waals surface area contributed by atoms with Crippen LogP contribution in [0.25, 0.3) is 145 Å². The number of para-hydroxylation sites is 5. The Labute approximate surface area is 433 Å². The molecule has 0 saturated heterocycles. The number of aromatic nitrogens is 8. The van der Waals surface area contributed by atoms with Gasteiger partial charge in [0.2, 0.25) is 0 Å². The molecular formula is C66H40N8O. The van der Waals surface area contributed by atoms with Gasteiger partial charge < -0.3 is 13.6 Å². The maximum atomic E-state index is 10.8. The highest BCUT2D eigenvalue weighted by Crippen LogP contribution is 2.45. The third-order valence-electron chi connectivity index (χ3n) is 14.0. The van der Waals surface area contributed by atoms with Crippen molar-refractivity contribution in [2.45, 2.75) is 0 Å². The summed E-state index contributed by atoms with van der Waals surface area (Å²) in [5.41, 5.74) is 9.01. The molecule has 0 fully saturated rings. The Bertz CT molecular complexity index is 4830. The average Bonchev–Trinajstić information content (AvgIpc) is 4.35. The number of hydrogen-bond acceptors (Lipinski definition) is 7. The lowest BCUT2D eigenvalue weighted by atomic mass is 10.0. The molecule has 10 aromatic carbocycles. The molecule has 0 unspecified atom stereocenters. The molecule has 0 atom stereocenters. The number of hydrogen-bond donors (Lipinski definition) is 0. The molecule has 0 aliphatic carbocycles. The zero-order valence-electron chi connectivity index (χ0n) is 42.8. The number of nitrogens with zero attached hydrogens (tertiary/aromatic N) is 8. The maximum absolute atomic E-state index is 10.8. The van der Waals surface area contributed by atoms with E-state index in [1.165, 1.54) is 0 Å². The Morgan fingerprint density at radius 3 is 1.48 bits per heavy atom. The van der Waals surface area contributed by atoms with Crippen LogP contribution in [0.4, 0.5) is 0 Å². The van der Waals surface area contributed by atoms with Gasteiger partial charge in [-0.3, -0.25) is 0 Å². The second-order valence-corrected chi connectivity index (χ2v) is 18.4. The van der Waals surface area contributed by atoms with Crippen LogP contribution < -0.4 is 0 Å². The fraction of sp³-hybridized carbons (Fsp3) is 0. The SMILES string of the molecule is [2H]c1c([2H])c(-n2c3ccccc3c3ccc4c(c5ccccc5n4-c4ccccc4)c32)c(-c2nc(-c3ccccc3)nc(-c3cccc4c3oc3ccccc34)n2)c([2H])c1-c1nc(-c2ccccc2)nc(-c2ccccc2)n1. The van der Waals surface area contributed by atoms with Gasteiger partial charge in [-0.1, -0.05) is 182 Å². The molecule has 15 aromatic rings. The van der Waals surface area contributed by atoms with Crippen molar-refractivity contribution in [2.24, 2.45) is 0 Å². The minimum Gasteiger partial charge on any atom is -0.455 e. The van der Waals surface area contributed by atoms with Crippen molar-refractivity contribution in [3.63, 3.8) is 0 Å². The molecule has 0 N–H and O–H groups in total. The fourth-order valence-electron chi connectivity index (χ4n) is 10.6. The number of furan rings is 1. The average molecular weight is 964 g/mol. The van der Waals surface area contributed by atoms with Crippen LogP contribution in [0.5, 0.6) is 0 Å². The van der Waals surface area contributed by atoms with Crippen LogP contribution >= 0.6 is 0 Å². The predicted molar refractivity (Wildman–Crippen MR) is 302 cm³/mol. The van der Waals surface area contributed by atoms with Crippen LogP contribution in [-0.4, -0.2) is 39.0 Å². The molecule has 15 rings (SSSR count). The smallest absolute Gasteiger partial charge is 0.167 e. The zero-order valence-corrected chi connectivity index (χ0v) is 39.8. The number of fused-ring (bicyclic) bond motifs is 10. The Balaban J connectivity index is 1.11. The molecule has 9 heteroatoms. The van der Waals surface area contributed by atoms with E-state index < -0.39 is 0 Å². The molecule has 350 valence electrons.